The van der Waals surface area contributed by atoms with Gasteiger partial charge in [0.05, 0.1) is 28.0 Å². The van der Waals surface area contributed by atoms with Crippen molar-refractivity contribution in [2.75, 3.05) is 7.11 Å². The zero-order chi connectivity index (χ0) is 15.4. The van der Waals surface area contributed by atoms with Gasteiger partial charge in [-0.25, -0.2) is 4.79 Å². The van der Waals surface area contributed by atoms with Crippen molar-refractivity contribution in [3.8, 4) is 17.2 Å². The van der Waals surface area contributed by atoms with Crippen LogP contribution in [-0.2, 0) is 4.74 Å². The first-order chi connectivity index (χ1) is 10.0. The van der Waals surface area contributed by atoms with E-state index in [1.165, 1.54) is 7.11 Å². The lowest BCUT2D eigenvalue weighted by Gasteiger charge is -2.10. The number of esters is 1. The Kier molecular flexibility index (Phi) is 5.16. The largest absolute Gasteiger partial charge is 0.465 e. The fourth-order valence-electron chi connectivity index (χ4n) is 1.95. The molecular formula is C16H11Br2NO2. The fraction of sp³-hybridized carbons (Fsp3) is 0.125. The van der Waals surface area contributed by atoms with Crippen LogP contribution in [0.15, 0.2) is 42.5 Å². The van der Waals surface area contributed by atoms with Crippen molar-refractivity contribution < 1.29 is 9.53 Å². The Hall–Kier alpha value is -1.64. The number of methoxy groups -OCH3 is 1. The average Bonchev–Trinajstić information content (AvgIpc) is 2.53. The summed E-state index contributed by atoms with van der Waals surface area (Å²) >= 11 is 6.87. The Balaban J connectivity index is 2.59. The predicted molar refractivity (Wildman–Crippen MR) is 88.5 cm³/mol. The molecule has 0 bridgehead atoms. The van der Waals surface area contributed by atoms with Crippen molar-refractivity contribution in [3.05, 3.63) is 59.2 Å². The Morgan fingerprint density at radius 1 is 1.19 bits per heavy atom. The molecular weight excluding hydrogens is 398 g/mol. The van der Waals surface area contributed by atoms with Crippen molar-refractivity contribution in [1.82, 2.24) is 0 Å². The fourth-order valence-corrected chi connectivity index (χ4v) is 2.48. The molecule has 0 amide bonds. The molecule has 0 aliphatic carbocycles. The molecule has 5 heteroatoms. The molecule has 2 aromatic carbocycles. The maximum absolute atomic E-state index is 11.8. The molecule has 2 aromatic rings. The molecule has 2 rings (SSSR count). The lowest BCUT2D eigenvalue weighted by atomic mass is 9.99. The van der Waals surface area contributed by atoms with Crippen molar-refractivity contribution in [3.63, 3.8) is 0 Å². The van der Waals surface area contributed by atoms with Crippen LogP contribution in [0.5, 0.6) is 0 Å². The van der Waals surface area contributed by atoms with Gasteiger partial charge in [-0.1, -0.05) is 44.0 Å². The number of hydrogen-bond donors (Lipinski definition) is 0. The number of alkyl halides is 2. The third-order valence-corrected chi connectivity index (χ3v) is 4.01. The number of benzene rings is 2. The molecule has 106 valence electrons. The Labute approximate surface area is 139 Å². The number of nitrogens with zero attached hydrogens (tertiary/aromatic N) is 1. The van der Waals surface area contributed by atoms with Crippen LogP contribution in [0, 0.1) is 11.3 Å². The van der Waals surface area contributed by atoms with Crippen LogP contribution >= 0.6 is 31.9 Å². The maximum atomic E-state index is 11.8. The molecule has 0 unspecified atom stereocenters. The van der Waals surface area contributed by atoms with Crippen LogP contribution in [0.2, 0.25) is 0 Å². The van der Waals surface area contributed by atoms with Crippen LogP contribution in [-0.4, -0.2) is 13.1 Å². The number of rotatable bonds is 3. The minimum atomic E-state index is -0.393. The van der Waals surface area contributed by atoms with Crippen LogP contribution < -0.4 is 0 Å². The number of halogens is 2. The standard InChI is InChI=1S/C16H11Br2NO2/c1-21-16(20)14-7-12(6-13(8-14)15(17)18)11-4-2-3-10(5-11)9-19/h2-8,15H,1H3. The summed E-state index contributed by atoms with van der Waals surface area (Å²) in [5.74, 6) is -0.393. The third kappa shape index (κ3) is 3.72. The molecule has 0 saturated carbocycles. The van der Waals surface area contributed by atoms with Gasteiger partial charge in [0, 0.05) is 0 Å². The molecule has 0 N–H and O–H groups in total. The monoisotopic (exact) mass is 407 g/mol. The van der Waals surface area contributed by atoms with Crippen molar-refractivity contribution in [2.24, 2.45) is 0 Å². The summed E-state index contributed by atoms with van der Waals surface area (Å²) in [6.07, 6.45) is 0. The Morgan fingerprint density at radius 3 is 2.57 bits per heavy atom. The summed E-state index contributed by atoms with van der Waals surface area (Å²) in [5, 5.41) is 8.99. The van der Waals surface area contributed by atoms with Gasteiger partial charge in [-0.15, -0.1) is 0 Å². The van der Waals surface area contributed by atoms with Gasteiger partial charge in [-0.3, -0.25) is 0 Å². The molecule has 0 radical (unpaired) electrons. The minimum absolute atomic E-state index is 0.0764. The lowest BCUT2D eigenvalue weighted by molar-refractivity contribution is 0.0600. The topological polar surface area (TPSA) is 50.1 Å². The molecule has 0 atom stereocenters. The van der Waals surface area contributed by atoms with Gasteiger partial charge in [-0.2, -0.15) is 5.26 Å². The molecule has 0 aliphatic rings. The smallest absolute Gasteiger partial charge is 0.337 e. The summed E-state index contributed by atoms with van der Waals surface area (Å²) in [6.45, 7) is 0. The second kappa shape index (κ2) is 6.88. The summed E-state index contributed by atoms with van der Waals surface area (Å²) in [6, 6.07) is 14.8. The normalized spacial score (nSPS) is 10.2. The van der Waals surface area contributed by atoms with E-state index in [0.29, 0.717) is 11.1 Å². The first-order valence-electron chi connectivity index (χ1n) is 6.07. The Morgan fingerprint density at radius 2 is 1.95 bits per heavy atom. The van der Waals surface area contributed by atoms with Gasteiger partial charge in [-0.05, 0) is 47.0 Å². The van der Waals surface area contributed by atoms with Crippen LogP contribution in [0.1, 0.15) is 25.2 Å². The SMILES string of the molecule is COC(=O)c1cc(-c2cccc(C#N)c2)cc(C(Br)Br)c1. The number of ether oxygens (including phenoxy) is 1. The van der Waals surface area contributed by atoms with E-state index in [4.69, 9.17) is 10.00 Å². The van der Waals surface area contributed by atoms with E-state index in [-0.39, 0.29) is 3.74 Å². The van der Waals surface area contributed by atoms with E-state index in [1.807, 2.05) is 18.2 Å². The summed E-state index contributed by atoms with van der Waals surface area (Å²) < 4.78 is 4.71. The number of carbonyl (C=O) groups is 1. The van der Waals surface area contributed by atoms with Gasteiger partial charge in [0.1, 0.15) is 0 Å². The van der Waals surface area contributed by atoms with Gasteiger partial charge in [0.25, 0.3) is 0 Å². The first-order valence-corrected chi connectivity index (χ1v) is 7.90. The molecule has 0 heterocycles. The number of carbonyl (C=O) groups excluding carboxylic acids is 1. The van der Waals surface area contributed by atoms with E-state index in [9.17, 15) is 4.79 Å². The van der Waals surface area contributed by atoms with E-state index in [2.05, 4.69) is 37.9 Å². The highest BCUT2D eigenvalue weighted by molar-refractivity contribution is 9.24. The Bertz CT molecular complexity index is 720. The highest BCUT2D eigenvalue weighted by Crippen LogP contribution is 2.33. The highest BCUT2D eigenvalue weighted by atomic mass is 79.9. The second-order valence-electron chi connectivity index (χ2n) is 4.33. The number of hydrogen-bond acceptors (Lipinski definition) is 3. The van der Waals surface area contributed by atoms with Gasteiger partial charge >= 0.3 is 5.97 Å². The summed E-state index contributed by atoms with van der Waals surface area (Å²) in [5.41, 5.74) is 3.67. The molecule has 0 aliphatic heterocycles. The zero-order valence-corrected chi connectivity index (χ0v) is 14.3. The zero-order valence-electron chi connectivity index (χ0n) is 11.1. The van der Waals surface area contributed by atoms with E-state index >= 15 is 0 Å². The minimum Gasteiger partial charge on any atom is -0.465 e. The van der Waals surface area contributed by atoms with Gasteiger partial charge in [0.15, 0.2) is 0 Å². The average molecular weight is 409 g/mol. The molecule has 0 aromatic heterocycles. The predicted octanol–water partition coefficient (Wildman–Crippen LogP) is 4.80. The van der Waals surface area contributed by atoms with Crippen molar-refractivity contribution in [1.29, 1.82) is 5.26 Å². The van der Waals surface area contributed by atoms with Gasteiger partial charge < -0.3 is 4.74 Å². The van der Waals surface area contributed by atoms with Gasteiger partial charge in [0.2, 0.25) is 0 Å². The van der Waals surface area contributed by atoms with Crippen molar-refractivity contribution >= 4 is 37.8 Å². The lowest BCUT2D eigenvalue weighted by Crippen LogP contribution is -2.02. The molecule has 0 saturated heterocycles. The molecule has 0 fully saturated rings. The first kappa shape index (κ1) is 15.7. The third-order valence-electron chi connectivity index (χ3n) is 2.95. The van der Waals surface area contributed by atoms with Crippen LogP contribution in [0.25, 0.3) is 11.1 Å². The molecule has 0 spiro atoms. The van der Waals surface area contributed by atoms with Crippen LogP contribution in [0.3, 0.4) is 0 Å². The van der Waals surface area contributed by atoms with Crippen LogP contribution in [0.4, 0.5) is 0 Å². The molecule has 21 heavy (non-hydrogen) atoms. The highest BCUT2D eigenvalue weighted by Gasteiger charge is 2.13. The number of nitriles is 1. The quantitative estimate of drug-likeness (QED) is 0.541. The maximum Gasteiger partial charge on any atom is 0.337 e. The summed E-state index contributed by atoms with van der Waals surface area (Å²) in [7, 11) is 1.35. The van der Waals surface area contributed by atoms with E-state index in [1.54, 1.807) is 24.3 Å². The second-order valence-corrected chi connectivity index (χ2v) is 7.39. The van der Waals surface area contributed by atoms with E-state index < -0.39 is 5.97 Å². The van der Waals surface area contributed by atoms with E-state index in [0.717, 1.165) is 16.7 Å². The molecule has 3 nitrogen and oxygen atoms in total. The summed E-state index contributed by atoms with van der Waals surface area (Å²) in [4.78, 5) is 11.8. The van der Waals surface area contributed by atoms with Crippen molar-refractivity contribution in [2.45, 2.75) is 3.74 Å².